The van der Waals surface area contributed by atoms with Gasteiger partial charge in [-0.2, -0.15) is 0 Å². The average molecular weight is 332 g/mol. The van der Waals surface area contributed by atoms with Crippen LogP contribution in [0.3, 0.4) is 0 Å². The highest BCUT2D eigenvalue weighted by atomic mass is 127. The summed E-state index contributed by atoms with van der Waals surface area (Å²) in [4.78, 5) is 0. The molecule has 0 bridgehead atoms. The summed E-state index contributed by atoms with van der Waals surface area (Å²) in [5.41, 5.74) is 0. The minimum Gasteiger partial charge on any atom is -0.451 e. The molecule has 0 radical (unpaired) electrons. The van der Waals surface area contributed by atoms with E-state index in [9.17, 15) is 8.78 Å². The fourth-order valence-electron chi connectivity index (χ4n) is 1.20. The van der Waals surface area contributed by atoms with Crippen molar-refractivity contribution in [3.8, 4) is 11.5 Å². The van der Waals surface area contributed by atoms with E-state index in [2.05, 4.69) is 22.6 Å². The van der Waals surface area contributed by atoms with E-state index >= 15 is 0 Å². The zero-order valence-electron chi connectivity index (χ0n) is 8.08. The third-order valence-corrected chi connectivity index (χ3v) is 2.67. The van der Waals surface area contributed by atoms with Gasteiger partial charge in [0.2, 0.25) is 0 Å². The number of rotatable bonds is 2. The average Bonchev–Trinajstić information content (AvgIpc) is 2.26. The summed E-state index contributed by atoms with van der Waals surface area (Å²) in [5, 5.41) is 0. The lowest BCUT2D eigenvalue weighted by Crippen LogP contribution is -1.91. The summed E-state index contributed by atoms with van der Waals surface area (Å²) in [5.74, 6) is -1.38. The van der Waals surface area contributed by atoms with E-state index in [0.29, 0.717) is 5.75 Å². The van der Waals surface area contributed by atoms with Crippen LogP contribution in [-0.4, -0.2) is 0 Å². The molecule has 0 amide bonds. The van der Waals surface area contributed by atoms with Gasteiger partial charge < -0.3 is 4.74 Å². The van der Waals surface area contributed by atoms with Gasteiger partial charge in [0.15, 0.2) is 17.4 Å². The Bertz CT molecular complexity index is 477. The fraction of sp³-hybridized carbons (Fsp3) is 0. The lowest BCUT2D eigenvalue weighted by Gasteiger charge is -2.07. The molecule has 0 spiro atoms. The van der Waals surface area contributed by atoms with Gasteiger partial charge in [-0.25, -0.2) is 8.78 Å². The van der Waals surface area contributed by atoms with Crippen molar-refractivity contribution in [3.05, 3.63) is 57.7 Å². The van der Waals surface area contributed by atoms with Crippen molar-refractivity contribution in [2.75, 3.05) is 0 Å². The first kappa shape index (κ1) is 11.3. The van der Waals surface area contributed by atoms with Crippen LogP contribution in [0.2, 0.25) is 0 Å². The third-order valence-electron chi connectivity index (χ3n) is 1.95. The van der Waals surface area contributed by atoms with Crippen LogP contribution in [0.15, 0.2) is 42.5 Å². The summed E-state index contributed by atoms with van der Waals surface area (Å²) < 4.78 is 32.7. The molecule has 0 heterocycles. The third kappa shape index (κ3) is 2.49. The molecule has 0 aliphatic rings. The van der Waals surface area contributed by atoms with Crippen molar-refractivity contribution >= 4 is 22.6 Å². The maximum atomic E-state index is 13.2. The van der Waals surface area contributed by atoms with Gasteiger partial charge in [0.05, 0.1) is 0 Å². The molecule has 0 saturated carbocycles. The van der Waals surface area contributed by atoms with Gasteiger partial charge in [0, 0.05) is 3.57 Å². The van der Waals surface area contributed by atoms with Crippen molar-refractivity contribution in [2.24, 2.45) is 0 Å². The first-order chi connectivity index (χ1) is 7.66. The zero-order valence-corrected chi connectivity index (χ0v) is 10.2. The minimum atomic E-state index is -0.710. The summed E-state index contributed by atoms with van der Waals surface area (Å²) >= 11 is 2.14. The van der Waals surface area contributed by atoms with Gasteiger partial charge in [-0.05, 0) is 59.0 Å². The Balaban J connectivity index is 2.30. The van der Waals surface area contributed by atoms with Gasteiger partial charge in [-0.15, -0.1) is 0 Å². The molecule has 0 aliphatic carbocycles. The molecule has 2 rings (SSSR count). The van der Waals surface area contributed by atoms with Crippen LogP contribution < -0.4 is 4.74 Å². The van der Waals surface area contributed by atoms with E-state index in [0.717, 1.165) is 15.7 Å². The van der Waals surface area contributed by atoms with Crippen molar-refractivity contribution in [1.29, 1.82) is 0 Å². The van der Waals surface area contributed by atoms with Gasteiger partial charge in [-0.3, -0.25) is 0 Å². The second-order valence-electron chi connectivity index (χ2n) is 3.11. The van der Waals surface area contributed by atoms with Gasteiger partial charge in [-0.1, -0.05) is 6.07 Å². The zero-order chi connectivity index (χ0) is 11.5. The second-order valence-corrected chi connectivity index (χ2v) is 4.35. The number of halogens is 3. The molecule has 0 atom stereocenters. The Morgan fingerprint density at radius 1 is 0.875 bits per heavy atom. The molecular weight excluding hydrogens is 325 g/mol. The SMILES string of the molecule is Fc1cccc(F)c1Oc1ccc(I)cc1. The van der Waals surface area contributed by atoms with E-state index in [-0.39, 0.29) is 5.75 Å². The van der Waals surface area contributed by atoms with Crippen LogP contribution in [0.5, 0.6) is 11.5 Å². The first-order valence-electron chi connectivity index (χ1n) is 4.54. The summed E-state index contributed by atoms with van der Waals surface area (Å²) in [7, 11) is 0. The highest BCUT2D eigenvalue weighted by molar-refractivity contribution is 14.1. The second kappa shape index (κ2) is 4.78. The standard InChI is InChI=1S/C12H7F2IO/c13-10-2-1-3-11(14)12(10)16-9-6-4-8(15)5-7-9/h1-7H. The Morgan fingerprint density at radius 2 is 1.44 bits per heavy atom. The normalized spacial score (nSPS) is 10.2. The summed E-state index contributed by atoms with van der Waals surface area (Å²) in [6.07, 6.45) is 0. The van der Waals surface area contributed by atoms with Gasteiger partial charge >= 0.3 is 0 Å². The molecule has 1 nitrogen and oxygen atoms in total. The molecule has 2 aromatic carbocycles. The van der Waals surface area contributed by atoms with Crippen molar-refractivity contribution < 1.29 is 13.5 Å². The van der Waals surface area contributed by atoms with Crippen LogP contribution in [0.1, 0.15) is 0 Å². The Hall–Kier alpha value is -1.17. The lowest BCUT2D eigenvalue weighted by molar-refractivity contribution is 0.407. The Labute approximate surface area is 105 Å². The van der Waals surface area contributed by atoms with Crippen LogP contribution in [0, 0.1) is 15.2 Å². The number of hydrogen-bond donors (Lipinski definition) is 0. The van der Waals surface area contributed by atoms with E-state index in [1.165, 1.54) is 6.07 Å². The highest BCUT2D eigenvalue weighted by Crippen LogP contribution is 2.27. The van der Waals surface area contributed by atoms with Gasteiger partial charge in [0.25, 0.3) is 0 Å². The maximum absolute atomic E-state index is 13.2. The fourth-order valence-corrected chi connectivity index (χ4v) is 1.56. The van der Waals surface area contributed by atoms with Crippen LogP contribution >= 0.6 is 22.6 Å². The Kier molecular flexibility index (Phi) is 3.38. The number of ether oxygens (including phenoxy) is 1. The monoisotopic (exact) mass is 332 g/mol. The van der Waals surface area contributed by atoms with Crippen LogP contribution in [0.25, 0.3) is 0 Å². The van der Waals surface area contributed by atoms with Crippen molar-refractivity contribution in [1.82, 2.24) is 0 Å². The summed E-state index contributed by atoms with van der Waals surface area (Å²) in [6.45, 7) is 0. The number of hydrogen-bond acceptors (Lipinski definition) is 1. The molecule has 0 fully saturated rings. The van der Waals surface area contributed by atoms with E-state index in [1.54, 1.807) is 24.3 Å². The van der Waals surface area contributed by atoms with E-state index in [1.807, 2.05) is 0 Å². The highest BCUT2D eigenvalue weighted by Gasteiger charge is 2.10. The largest absolute Gasteiger partial charge is 0.451 e. The maximum Gasteiger partial charge on any atom is 0.198 e. The van der Waals surface area contributed by atoms with Crippen LogP contribution in [0.4, 0.5) is 8.78 Å². The number of benzene rings is 2. The molecule has 0 N–H and O–H groups in total. The molecule has 0 aliphatic heterocycles. The van der Waals surface area contributed by atoms with Crippen LogP contribution in [-0.2, 0) is 0 Å². The van der Waals surface area contributed by atoms with Gasteiger partial charge in [0.1, 0.15) is 5.75 Å². The molecule has 2 aromatic rings. The Morgan fingerprint density at radius 3 is 2.00 bits per heavy atom. The van der Waals surface area contributed by atoms with Crippen molar-refractivity contribution in [3.63, 3.8) is 0 Å². The smallest absolute Gasteiger partial charge is 0.198 e. The predicted octanol–water partition coefficient (Wildman–Crippen LogP) is 4.36. The molecular formula is C12H7F2IO. The quantitative estimate of drug-likeness (QED) is 0.743. The molecule has 16 heavy (non-hydrogen) atoms. The van der Waals surface area contributed by atoms with Crippen molar-refractivity contribution in [2.45, 2.75) is 0 Å². The molecule has 4 heteroatoms. The molecule has 0 saturated heterocycles. The number of para-hydroxylation sites is 1. The lowest BCUT2D eigenvalue weighted by atomic mass is 10.3. The van der Waals surface area contributed by atoms with E-state index in [4.69, 9.17) is 4.74 Å². The molecule has 0 unspecified atom stereocenters. The summed E-state index contributed by atoms with van der Waals surface area (Å²) in [6, 6.07) is 10.5. The predicted molar refractivity (Wildman–Crippen MR) is 65.6 cm³/mol. The topological polar surface area (TPSA) is 9.23 Å². The molecule has 82 valence electrons. The molecule has 0 aromatic heterocycles. The first-order valence-corrected chi connectivity index (χ1v) is 5.62. The minimum absolute atomic E-state index is 0.372. The van der Waals surface area contributed by atoms with E-state index < -0.39 is 11.6 Å².